The zero-order valence-corrected chi connectivity index (χ0v) is 12.9. The predicted octanol–water partition coefficient (Wildman–Crippen LogP) is 1.41. The maximum Gasteiger partial charge on any atom is 1.00 e. The minimum absolute atomic E-state index is 0. The molecule has 0 saturated carbocycles. The minimum Gasteiger partial charge on any atom is -0.522 e. The van der Waals surface area contributed by atoms with Crippen molar-refractivity contribution in [3.8, 4) is 11.5 Å². The monoisotopic (exact) mass is 256 g/mol. The average molecular weight is 256 g/mol. The molecule has 1 aromatic rings. The Morgan fingerprint density at radius 1 is 0.895 bits per heavy atom. The number of ether oxygens (including phenoxy) is 2. The van der Waals surface area contributed by atoms with Gasteiger partial charge in [-0.05, 0) is 0 Å². The molecule has 0 unspecified atom stereocenters. The number of unbranched alkanes of at least 4 members (excludes halogenated alkanes) is 5. The first kappa shape index (κ1) is 18.4. The molecule has 0 fully saturated rings. The number of methoxy groups -OCH3 is 2. The number of hydrogen-bond donors (Lipinski definition) is 0. The van der Waals surface area contributed by atoms with Crippen LogP contribution in [-0.4, -0.2) is 14.2 Å². The summed E-state index contributed by atoms with van der Waals surface area (Å²) in [5, 5.41) is 0. The van der Waals surface area contributed by atoms with E-state index in [-0.39, 0.29) is 18.9 Å². The first-order valence-corrected chi connectivity index (χ1v) is 6.94. The topological polar surface area (TPSA) is 18.5 Å². The van der Waals surface area contributed by atoms with E-state index in [1.807, 2.05) is 0 Å². The van der Waals surface area contributed by atoms with E-state index in [4.69, 9.17) is 9.47 Å². The van der Waals surface area contributed by atoms with Gasteiger partial charge in [0.1, 0.15) is 0 Å². The summed E-state index contributed by atoms with van der Waals surface area (Å²) in [5.41, 5.74) is 1.28. The molecule has 0 aliphatic carbocycles. The van der Waals surface area contributed by atoms with E-state index in [1.54, 1.807) is 14.2 Å². The van der Waals surface area contributed by atoms with Gasteiger partial charge in [0.05, 0.1) is 14.2 Å². The summed E-state index contributed by atoms with van der Waals surface area (Å²) in [4.78, 5) is 0. The van der Waals surface area contributed by atoms with Crippen LogP contribution in [0.2, 0.25) is 0 Å². The molecule has 3 heteroatoms. The second-order valence-electron chi connectivity index (χ2n) is 4.64. The van der Waals surface area contributed by atoms with Gasteiger partial charge in [-0.15, -0.1) is 12.1 Å². The molecule has 19 heavy (non-hydrogen) atoms. The molecule has 0 aliphatic heterocycles. The Balaban J connectivity index is 0.00000324. The summed E-state index contributed by atoms with van der Waals surface area (Å²) in [6, 6.07) is 7.16. The Bertz CT molecular complexity index is 317. The fourth-order valence-corrected chi connectivity index (χ4v) is 2.05. The van der Waals surface area contributed by atoms with Crippen LogP contribution in [0.5, 0.6) is 11.5 Å². The Morgan fingerprint density at radius 2 is 1.42 bits per heavy atom. The van der Waals surface area contributed by atoms with Gasteiger partial charge < -0.3 is 9.47 Å². The van der Waals surface area contributed by atoms with Crippen molar-refractivity contribution in [2.75, 3.05) is 14.2 Å². The maximum absolute atomic E-state index is 5.22. The number of aryl methyl sites for hydroxylation is 1. The molecule has 1 rings (SSSR count). The van der Waals surface area contributed by atoms with Crippen molar-refractivity contribution in [2.45, 2.75) is 51.9 Å². The Kier molecular flexibility index (Phi) is 10.9. The first-order valence-electron chi connectivity index (χ1n) is 6.94. The van der Waals surface area contributed by atoms with Gasteiger partial charge in [0.15, 0.2) is 0 Å². The van der Waals surface area contributed by atoms with Gasteiger partial charge in [-0.1, -0.05) is 57.9 Å². The van der Waals surface area contributed by atoms with Crippen LogP contribution in [-0.2, 0) is 6.42 Å². The third-order valence-electron chi connectivity index (χ3n) is 3.14. The van der Waals surface area contributed by atoms with Crippen LogP contribution < -0.4 is 28.3 Å². The summed E-state index contributed by atoms with van der Waals surface area (Å²) in [6.07, 6.45) is 9.02. The van der Waals surface area contributed by atoms with Gasteiger partial charge in [0.2, 0.25) is 0 Å². The van der Waals surface area contributed by atoms with E-state index >= 15 is 0 Å². The molecule has 1 aromatic carbocycles. The molecular formula is C16H25LiO2. The van der Waals surface area contributed by atoms with Crippen LogP contribution in [0.15, 0.2) is 12.1 Å². The third kappa shape index (κ3) is 7.55. The van der Waals surface area contributed by atoms with Gasteiger partial charge in [0, 0.05) is 11.5 Å². The molecule has 0 aliphatic rings. The molecule has 0 aromatic heterocycles. The van der Waals surface area contributed by atoms with Gasteiger partial charge in [0.25, 0.3) is 0 Å². The SMILES string of the molecule is CCCCCCCCc1cc(OC)[c-]c(OC)c1.[Li+]. The van der Waals surface area contributed by atoms with Crippen LogP contribution >= 0.6 is 0 Å². The Labute approximate surface area is 130 Å². The number of hydrogen-bond acceptors (Lipinski definition) is 2. The van der Waals surface area contributed by atoms with Crippen LogP contribution in [0, 0.1) is 6.07 Å². The molecule has 0 heterocycles. The van der Waals surface area contributed by atoms with E-state index in [0.29, 0.717) is 0 Å². The predicted molar refractivity (Wildman–Crippen MR) is 75.5 cm³/mol. The number of benzene rings is 1. The average Bonchev–Trinajstić information content (AvgIpc) is 2.42. The van der Waals surface area contributed by atoms with Crippen molar-refractivity contribution in [1.82, 2.24) is 0 Å². The van der Waals surface area contributed by atoms with Crippen LogP contribution in [0.3, 0.4) is 0 Å². The molecule has 0 amide bonds. The van der Waals surface area contributed by atoms with Gasteiger partial charge in [-0.2, -0.15) is 5.56 Å². The summed E-state index contributed by atoms with van der Waals surface area (Å²) < 4.78 is 10.4. The molecule has 0 saturated heterocycles. The summed E-state index contributed by atoms with van der Waals surface area (Å²) >= 11 is 0. The first-order chi connectivity index (χ1) is 8.80. The van der Waals surface area contributed by atoms with Crippen molar-refractivity contribution < 1.29 is 28.3 Å². The summed E-state index contributed by atoms with van der Waals surface area (Å²) in [5.74, 6) is 1.52. The standard InChI is InChI=1S/C16H25O2.Li/c1-4-5-6-7-8-9-10-14-11-15(17-2)13-16(12-14)18-3;/h11-12H,4-10H2,1-3H3;/q-1;+1. The molecule has 0 radical (unpaired) electrons. The van der Waals surface area contributed by atoms with Gasteiger partial charge >= 0.3 is 18.9 Å². The summed E-state index contributed by atoms with van der Waals surface area (Å²) in [6.45, 7) is 2.25. The quantitative estimate of drug-likeness (QED) is 0.378. The van der Waals surface area contributed by atoms with Gasteiger partial charge in [-0.25, -0.2) is 0 Å². The smallest absolute Gasteiger partial charge is 0.522 e. The van der Waals surface area contributed by atoms with E-state index < -0.39 is 0 Å². The summed E-state index contributed by atoms with van der Waals surface area (Å²) in [7, 11) is 3.33. The molecule has 0 N–H and O–H groups in total. The second kappa shape index (κ2) is 11.3. The Hall–Kier alpha value is -0.583. The van der Waals surface area contributed by atoms with Crippen molar-refractivity contribution in [2.24, 2.45) is 0 Å². The van der Waals surface area contributed by atoms with Crippen LogP contribution in [0.25, 0.3) is 0 Å². The molecular weight excluding hydrogens is 231 g/mol. The molecule has 102 valence electrons. The maximum atomic E-state index is 5.22. The fraction of sp³-hybridized carbons (Fsp3) is 0.625. The van der Waals surface area contributed by atoms with Crippen molar-refractivity contribution >= 4 is 0 Å². The van der Waals surface area contributed by atoms with E-state index in [0.717, 1.165) is 17.9 Å². The van der Waals surface area contributed by atoms with E-state index in [9.17, 15) is 0 Å². The second-order valence-corrected chi connectivity index (χ2v) is 4.64. The van der Waals surface area contributed by atoms with E-state index in [2.05, 4.69) is 25.1 Å². The largest absolute Gasteiger partial charge is 1.00 e. The Morgan fingerprint density at radius 3 is 1.95 bits per heavy atom. The molecule has 0 spiro atoms. The van der Waals surface area contributed by atoms with Crippen molar-refractivity contribution in [3.05, 3.63) is 23.8 Å². The van der Waals surface area contributed by atoms with Crippen LogP contribution in [0.1, 0.15) is 51.0 Å². The molecule has 0 bridgehead atoms. The van der Waals surface area contributed by atoms with Crippen LogP contribution in [0.4, 0.5) is 0 Å². The van der Waals surface area contributed by atoms with Crippen molar-refractivity contribution in [3.63, 3.8) is 0 Å². The number of rotatable bonds is 9. The third-order valence-corrected chi connectivity index (χ3v) is 3.14. The molecule has 0 atom stereocenters. The minimum atomic E-state index is 0. The van der Waals surface area contributed by atoms with Crippen molar-refractivity contribution in [1.29, 1.82) is 0 Å². The zero-order chi connectivity index (χ0) is 13.2. The zero-order valence-electron chi connectivity index (χ0n) is 12.9. The van der Waals surface area contributed by atoms with E-state index in [1.165, 1.54) is 44.1 Å². The fourth-order valence-electron chi connectivity index (χ4n) is 2.05. The molecule has 2 nitrogen and oxygen atoms in total. The van der Waals surface area contributed by atoms with Gasteiger partial charge in [-0.3, -0.25) is 0 Å². The normalized spacial score (nSPS) is 9.84.